The smallest absolute Gasteiger partial charge is 0.231 e. The standard InChI is InChI=1S/C12H21N3O2/c1-4-9(13)7(2)12-14-11(15-17-12)10(16-3)8-5-6-8/h7-10H,4-6,13H2,1-3H3. The fourth-order valence-electron chi connectivity index (χ4n) is 1.99. The van der Waals surface area contributed by atoms with Crippen molar-refractivity contribution in [1.82, 2.24) is 10.1 Å². The molecule has 1 fully saturated rings. The van der Waals surface area contributed by atoms with E-state index in [1.54, 1.807) is 7.11 Å². The number of hydrogen-bond acceptors (Lipinski definition) is 5. The summed E-state index contributed by atoms with van der Waals surface area (Å²) >= 11 is 0. The van der Waals surface area contributed by atoms with Crippen molar-refractivity contribution < 1.29 is 9.26 Å². The third-order valence-electron chi connectivity index (χ3n) is 3.52. The number of nitrogens with zero attached hydrogens (tertiary/aromatic N) is 2. The molecule has 0 spiro atoms. The van der Waals surface area contributed by atoms with Gasteiger partial charge in [-0.05, 0) is 25.2 Å². The maximum atomic E-state index is 5.98. The van der Waals surface area contributed by atoms with Crippen LogP contribution in [0.25, 0.3) is 0 Å². The minimum Gasteiger partial charge on any atom is -0.373 e. The van der Waals surface area contributed by atoms with Gasteiger partial charge in [-0.15, -0.1) is 0 Å². The molecule has 0 amide bonds. The minimum atomic E-state index is -0.0162. The second kappa shape index (κ2) is 5.14. The van der Waals surface area contributed by atoms with E-state index < -0.39 is 0 Å². The molecule has 1 heterocycles. The number of rotatable bonds is 6. The summed E-state index contributed by atoms with van der Waals surface area (Å²) in [6, 6.07) is 0.0604. The van der Waals surface area contributed by atoms with Crippen LogP contribution in [0.3, 0.4) is 0 Å². The second-order valence-electron chi connectivity index (χ2n) is 4.85. The maximum Gasteiger partial charge on any atom is 0.231 e. The quantitative estimate of drug-likeness (QED) is 0.822. The fraction of sp³-hybridized carbons (Fsp3) is 0.833. The van der Waals surface area contributed by atoms with Crippen LogP contribution in [0.2, 0.25) is 0 Å². The molecule has 1 aliphatic carbocycles. The molecular formula is C12H21N3O2. The number of hydrogen-bond donors (Lipinski definition) is 1. The number of ether oxygens (including phenoxy) is 1. The topological polar surface area (TPSA) is 74.2 Å². The molecule has 1 aromatic heterocycles. The van der Waals surface area contributed by atoms with Crippen LogP contribution in [-0.2, 0) is 4.74 Å². The van der Waals surface area contributed by atoms with Gasteiger partial charge in [-0.1, -0.05) is 19.0 Å². The Hall–Kier alpha value is -0.940. The lowest BCUT2D eigenvalue weighted by Gasteiger charge is -2.13. The average Bonchev–Trinajstić information content (AvgIpc) is 3.06. The normalized spacial score (nSPS) is 21.2. The van der Waals surface area contributed by atoms with Crippen molar-refractivity contribution in [3.8, 4) is 0 Å². The Bertz CT molecular complexity index is 362. The lowest BCUT2D eigenvalue weighted by molar-refractivity contribution is 0.0751. The van der Waals surface area contributed by atoms with Gasteiger partial charge in [-0.3, -0.25) is 0 Å². The van der Waals surface area contributed by atoms with E-state index in [9.17, 15) is 0 Å². The zero-order chi connectivity index (χ0) is 12.4. The van der Waals surface area contributed by atoms with Crippen molar-refractivity contribution in [2.75, 3.05) is 7.11 Å². The molecule has 5 heteroatoms. The molecule has 1 aromatic rings. The van der Waals surface area contributed by atoms with Crippen LogP contribution in [-0.4, -0.2) is 23.3 Å². The molecule has 0 aliphatic heterocycles. The monoisotopic (exact) mass is 239 g/mol. The number of nitrogens with two attached hydrogens (primary N) is 1. The summed E-state index contributed by atoms with van der Waals surface area (Å²) in [5, 5.41) is 4.02. The van der Waals surface area contributed by atoms with Crippen molar-refractivity contribution in [2.45, 2.75) is 51.2 Å². The molecule has 1 aliphatic rings. The molecule has 0 aromatic carbocycles. The van der Waals surface area contributed by atoms with Gasteiger partial charge in [0.1, 0.15) is 6.10 Å². The van der Waals surface area contributed by atoms with Crippen LogP contribution in [0.5, 0.6) is 0 Å². The van der Waals surface area contributed by atoms with Gasteiger partial charge < -0.3 is 15.0 Å². The van der Waals surface area contributed by atoms with Gasteiger partial charge in [0.2, 0.25) is 11.7 Å². The summed E-state index contributed by atoms with van der Waals surface area (Å²) in [4.78, 5) is 4.43. The molecule has 2 N–H and O–H groups in total. The lowest BCUT2D eigenvalue weighted by atomic mass is 10.0. The first-order valence-electron chi connectivity index (χ1n) is 6.29. The van der Waals surface area contributed by atoms with E-state index in [2.05, 4.69) is 17.1 Å². The fourth-order valence-corrected chi connectivity index (χ4v) is 1.99. The first kappa shape index (κ1) is 12.5. The Labute approximate surface area is 102 Å². The van der Waals surface area contributed by atoms with Crippen molar-refractivity contribution >= 4 is 0 Å². The van der Waals surface area contributed by atoms with Crippen molar-refractivity contribution in [2.24, 2.45) is 11.7 Å². The Morgan fingerprint density at radius 1 is 1.53 bits per heavy atom. The lowest BCUT2D eigenvalue weighted by Crippen LogP contribution is -2.25. The van der Waals surface area contributed by atoms with Gasteiger partial charge in [0.15, 0.2) is 0 Å². The molecule has 0 saturated heterocycles. The van der Waals surface area contributed by atoms with Gasteiger partial charge in [0, 0.05) is 13.2 Å². The average molecular weight is 239 g/mol. The summed E-state index contributed by atoms with van der Waals surface area (Å²) in [5.41, 5.74) is 5.98. The summed E-state index contributed by atoms with van der Waals surface area (Å²) in [7, 11) is 1.69. The third kappa shape index (κ3) is 2.66. The second-order valence-corrected chi connectivity index (χ2v) is 4.85. The highest BCUT2D eigenvalue weighted by Crippen LogP contribution is 2.42. The van der Waals surface area contributed by atoms with Crippen LogP contribution < -0.4 is 5.73 Å². The molecule has 1 saturated carbocycles. The highest BCUT2D eigenvalue weighted by atomic mass is 16.5. The van der Waals surface area contributed by atoms with Crippen LogP contribution in [0.1, 0.15) is 56.8 Å². The van der Waals surface area contributed by atoms with Crippen molar-refractivity contribution in [3.63, 3.8) is 0 Å². The maximum absolute atomic E-state index is 5.98. The van der Waals surface area contributed by atoms with E-state index in [0.29, 0.717) is 17.6 Å². The molecule has 0 radical (unpaired) electrons. The zero-order valence-corrected chi connectivity index (χ0v) is 10.7. The predicted octanol–water partition coefficient (Wildman–Crippen LogP) is 2.01. The Morgan fingerprint density at radius 3 is 2.76 bits per heavy atom. The summed E-state index contributed by atoms with van der Waals surface area (Å²) in [5.74, 6) is 1.94. The predicted molar refractivity (Wildman–Crippen MR) is 63.5 cm³/mol. The Balaban J connectivity index is 2.09. The summed E-state index contributed by atoms with van der Waals surface area (Å²) in [6.45, 7) is 4.07. The van der Waals surface area contributed by atoms with Crippen molar-refractivity contribution in [1.29, 1.82) is 0 Å². The Morgan fingerprint density at radius 2 is 2.24 bits per heavy atom. The van der Waals surface area contributed by atoms with Gasteiger partial charge >= 0.3 is 0 Å². The van der Waals surface area contributed by atoms with Gasteiger partial charge in [0.25, 0.3) is 0 Å². The van der Waals surface area contributed by atoms with E-state index in [-0.39, 0.29) is 18.1 Å². The first-order valence-corrected chi connectivity index (χ1v) is 6.29. The molecule has 17 heavy (non-hydrogen) atoms. The van der Waals surface area contributed by atoms with Crippen LogP contribution in [0.4, 0.5) is 0 Å². The van der Waals surface area contributed by atoms with Crippen LogP contribution in [0.15, 0.2) is 4.52 Å². The molecule has 3 atom stereocenters. The third-order valence-corrected chi connectivity index (χ3v) is 3.52. The van der Waals surface area contributed by atoms with E-state index in [1.165, 1.54) is 12.8 Å². The molecule has 96 valence electrons. The highest BCUT2D eigenvalue weighted by molar-refractivity contribution is 5.02. The van der Waals surface area contributed by atoms with E-state index in [0.717, 1.165) is 6.42 Å². The van der Waals surface area contributed by atoms with Gasteiger partial charge in [-0.2, -0.15) is 4.98 Å². The summed E-state index contributed by atoms with van der Waals surface area (Å²) in [6.07, 6.45) is 3.26. The Kier molecular flexibility index (Phi) is 3.79. The molecule has 0 bridgehead atoms. The van der Waals surface area contributed by atoms with Gasteiger partial charge in [-0.25, -0.2) is 0 Å². The summed E-state index contributed by atoms with van der Waals surface area (Å²) < 4.78 is 10.7. The van der Waals surface area contributed by atoms with E-state index in [4.69, 9.17) is 15.0 Å². The minimum absolute atomic E-state index is 0.0162. The largest absolute Gasteiger partial charge is 0.373 e. The van der Waals surface area contributed by atoms with E-state index >= 15 is 0 Å². The van der Waals surface area contributed by atoms with Crippen LogP contribution >= 0.6 is 0 Å². The first-order chi connectivity index (χ1) is 8.17. The van der Waals surface area contributed by atoms with Crippen LogP contribution in [0, 0.1) is 5.92 Å². The number of aromatic nitrogens is 2. The highest BCUT2D eigenvalue weighted by Gasteiger charge is 2.36. The molecular weight excluding hydrogens is 218 g/mol. The van der Waals surface area contributed by atoms with Crippen molar-refractivity contribution in [3.05, 3.63) is 11.7 Å². The SMILES string of the molecule is CCC(N)C(C)c1nc(C(OC)C2CC2)no1. The molecule has 5 nitrogen and oxygen atoms in total. The zero-order valence-electron chi connectivity index (χ0n) is 10.7. The van der Waals surface area contributed by atoms with Gasteiger partial charge in [0.05, 0.1) is 5.92 Å². The number of methoxy groups -OCH3 is 1. The molecule has 2 rings (SSSR count). The van der Waals surface area contributed by atoms with E-state index in [1.807, 2.05) is 6.92 Å². The molecule has 3 unspecified atom stereocenters.